The van der Waals surface area contributed by atoms with E-state index in [-0.39, 0.29) is 11.6 Å². The highest BCUT2D eigenvalue weighted by atomic mass is 79.9. The topological polar surface area (TPSA) is 80.9 Å². The second kappa shape index (κ2) is 4.92. The number of aromatic nitrogens is 2. The van der Waals surface area contributed by atoms with Crippen molar-refractivity contribution in [1.82, 2.24) is 9.97 Å². The number of anilines is 2. The SMILES string of the molecule is Nc1cccnc1C(=O)Nc1ncccc1Br. The van der Waals surface area contributed by atoms with E-state index in [1.54, 1.807) is 30.5 Å². The number of hydrogen-bond donors (Lipinski definition) is 2. The minimum Gasteiger partial charge on any atom is -0.397 e. The number of nitrogens with zero attached hydrogens (tertiary/aromatic N) is 2. The molecule has 0 atom stereocenters. The van der Waals surface area contributed by atoms with Crippen LogP contribution in [-0.2, 0) is 0 Å². The predicted molar refractivity (Wildman–Crippen MR) is 68.5 cm³/mol. The summed E-state index contributed by atoms with van der Waals surface area (Å²) >= 11 is 3.29. The molecule has 0 aromatic carbocycles. The molecule has 2 rings (SSSR count). The lowest BCUT2D eigenvalue weighted by atomic mass is 10.3. The van der Waals surface area contributed by atoms with E-state index in [0.717, 1.165) is 0 Å². The smallest absolute Gasteiger partial charge is 0.277 e. The van der Waals surface area contributed by atoms with Crippen LogP contribution in [-0.4, -0.2) is 15.9 Å². The maximum absolute atomic E-state index is 11.9. The van der Waals surface area contributed by atoms with Gasteiger partial charge < -0.3 is 11.1 Å². The maximum atomic E-state index is 11.9. The minimum absolute atomic E-state index is 0.185. The summed E-state index contributed by atoms with van der Waals surface area (Å²) in [4.78, 5) is 19.8. The second-order valence-corrected chi connectivity index (χ2v) is 4.08. The summed E-state index contributed by atoms with van der Waals surface area (Å²) in [5.74, 6) is 0.0463. The molecular formula is C11H9BrN4O. The van der Waals surface area contributed by atoms with Crippen LogP contribution < -0.4 is 11.1 Å². The third-order valence-electron chi connectivity index (χ3n) is 2.04. The van der Waals surface area contributed by atoms with Gasteiger partial charge in [-0.2, -0.15) is 0 Å². The first-order valence-electron chi connectivity index (χ1n) is 4.81. The van der Waals surface area contributed by atoms with Crippen LogP contribution in [0, 0.1) is 0 Å². The first kappa shape index (κ1) is 11.5. The fraction of sp³-hybridized carbons (Fsp3) is 0. The molecule has 0 unspecified atom stereocenters. The van der Waals surface area contributed by atoms with Gasteiger partial charge in [0, 0.05) is 12.4 Å². The molecule has 6 heteroatoms. The van der Waals surface area contributed by atoms with Crippen LogP contribution in [0.25, 0.3) is 0 Å². The summed E-state index contributed by atoms with van der Waals surface area (Å²) in [6.45, 7) is 0. The first-order chi connectivity index (χ1) is 8.18. The molecule has 0 aliphatic heterocycles. The Kier molecular flexibility index (Phi) is 3.34. The number of carbonyl (C=O) groups excluding carboxylic acids is 1. The molecule has 86 valence electrons. The van der Waals surface area contributed by atoms with Crippen molar-refractivity contribution in [2.45, 2.75) is 0 Å². The van der Waals surface area contributed by atoms with E-state index in [1.165, 1.54) is 6.20 Å². The van der Waals surface area contributed by atoms with Gasteiger partial charge in [-0.15, -0.1) is 0 Å². The molecule has 0 spiro atoms. The van der Waals surface area contributed by atoms with Crippen molar-refractivity contribution in [3.05, 3.63) is 46.8 Å². The fourth-order valence-electron chi connectivity index (χ4n) is 1.25. The molecule has 0 aliphatic carbocycles. The molecule has 5 nitrogen and oxygen atoms in total. The lowest BCUT2D eigenvalue weighted by Gasteiger charge is -2.06. The van der Waals surface area contributed by atoms with Crippen molar-refractivity contribution < 1.29 is 4.79 Å². The van der Waals surface area contributed by atoms with Gasteiger partial charge in [-0.1, -0.05) is 0 Å². The zero-order valence-electron chi connectivity index (χ0n) is 8.72. The zero-order chi connectivity index (χ0) is 12.3. The van der Waals surface area contributed by atoms with Gasteiger partial charge in [0.25, 0.3) is 5.91 Å². The van der Waals surface area contributed by atoms with Crippen molar-refractivity contribution in [3.8, 4) is 0 Å². The second-order valence-electron chi connectivity index (χ2n) is 3.23. The van der Waals surface area contributed by atoms with Gasteiger partial charge in [0.2, 0.25) is 0 Å². The average molecular weight is 293 g/mol. The molecule has 0 bridgehead atoms. The monoisotopic (exact) mass is 292 g/mol. The van der Waals surface area contributed by atoms with Gasteiger partial charge >= 0.3 is 0 Å². The standard InChI is InChI=1S/C11H9BrN4O/c12-7-3-1-6-15-10(7)16-11(17)9-8(13)4-2-5-14-9/h1-6H,13H2,(H,15,16,17). The zero-order valence-corrected chi connectivity index (χ0v) is 10.3. The van der Waals surface area contributed by atoms with Crippen molar-refractivity contribution >= 4 is 33.3 Å². The third kappa shape index (κ3) is 2.59. The normalized spacial score (nSPS) is 9.94. The van der Waals surface area contributed by atoms with E-state index in [9.17, 15) is 4.79 Å². The number of halogens is 1. The van der Waals surface area contributed by atoms with Crippen LogP contribution in [0.5, 0.6) is 0 Å². The number of amides is 1. The lowest BCUT2D eigenvalue weighted by molar-refractivity contribution is 0.102. The Morgan fingerprint density at radius 2 is 1.94 bits per heavy atom. The molecule has 0 radical (unpaired) electrons. The van der Waals surface area contributed by atoms with Crippen molar-refractivity contribution in [2.75, 3.05) is 11.1 Å². The Balaban J connectivity index is 2.24. The predicted octanol–water partition coefficient (Wildman–Crippen LogP) is 2.07. The van der Waals surface area contributed by atoms with Crippen LogP contribution in [0.4, 0.5) is 11.5 Å². The summed E-state index contributed by atoms with van der Waals surface area (Å²) in [6, 6.07) is 6.83. The Bertz CT molecular complexity index is 559. The minimum atomic E-state index is -0.387. The Hall–Kier alpha value is -1.95. The van der Waals surface area contributed by atoms with Crippen molar-refractivity contribution in [2.24, 2.45) is 0 Å². The summed E-state index contributed by atoms with van der Waals surface area (Å²) < 4.78 is 0.697. The van der Waals surface area contributed by atoms with Crippen LogP contribution >= 0.6 is 15.9 Å². The highest BCUT2D eigenvalue weighted by molar-refractivity contribution is 9.10. The molecule has 0 aliphatic rings. The Morgan fingerprint density at radius 3 is 2.65 bits per heavy atom. The van der Waals surface area contributed by atoms with E-state index >= 15 is 0 Å². The van der Waals surface area contributed by atoms with Crippen molar-refractivity contribution in [1.29, 1.82) is 0 Å². The van der Waals surface area contributed by atoms with E-state index < -0.39 is 0 Å². The van der Waals surface area contributed by atoms with Crippen LogP contribution in [0.3, 0.4) is 0 Å². The lowest BCUT2D eigenvalue weighted by Crippen LogP contribution is -2.16. The number of nitrogen functional groups attached to an aromatic ring is 1. The van der Waals surface area contributed by atoms with Crippen LogP contribution in [0.2, 0.25) is 0 Å². The molecule has 0 fully saturated rings. The molecule has 1 amide bonds. The maximum Gasteiger partial charge on any atom is 0.277 e. The third-order valence-corrected chi connectivity index (χ3v) is 2.68. The largest absolute Gasteiger partial charge is 0.397 e. The molecule has 2 aromatic heterocycles. The molecule has 17 heavy (non-hydrogen) atoms. The number of carbonyl (C=O) groups is 1. The highest BCUT2D eigenvalue weighted by Gasteiger charge is 2.12. The van der Waals surface area contributed by atoms with Gasteiger partial charge in [0.05, 0.1) is 10.2 Å². The van der Waals surface area contributed by atoms with Crippen LogP contribution in [0.1, 0.15) is 10.5 Å². The number of nitrogens with one attached hydrogen (secondary N) is 1. The Labute approximate surface area is 106 Å². The fourth-order valence-corrected chi connectivity index (χ4v) is 1.61. The Morgan fingerprint density at radius 1 is 1.24 bits per heavy atom. The summed E-state index contributed by atoms with van der Waals surface area (Å²) in [6.07, 6.45) is 3.10. The van der Waals surface area contributed by atoms with Crippen molar-refractivity contribution in [3.63, 3.8) is 0 Å². The molecule has 0 saturated heterocycles. The van der Waals surface area contributed by atoms with Gasteiger partial charge in [-0.3, -0.25) is 4.79 Å². The molecule has 3 N–H and O–H groups in total. The average Bonchev–Trinajstić information content (AvgIpc) is 2.32. The number of rotatable bonds is 2. The number of pyridine rings is 2. The van der Waals surface area contributed by atoms with Gasteiger partial charge in [0.15, 0.2) is 5.69 Å². The van der Waals surface area contributed by atoms with Gasteiger partial charge in [-0.05, 0) is 40.2 Å². The quantitative estimate of drug-likeness (QED) is 0.888. The number of nitrogens with two attached hydrogens (primary N) is 1. The van der Waals surface area contributed by atoms with Gasteiger partial charge in [0.1, 0.15) is 5.82 Å². The van der Waals surface area contributed by atoms with Gasteiger partial charge in [-0.25, -0.2) is 9.97 Å². The molecule has 2 aromatic rings. The summed E-state index contributed by atoms with van der Waals surface area (Å²) in [5, 5.41) is 2.63. The first-order valence-corrected chi connectivity index (χ1v) is 5.60. The van der Waals surface area contributed by atoms with Crippen LogP contribution in [0.15, 0.2) is 41.1 Å². The van der Waals surface area contributed by atoms with E-state index in [1.807, 2.05) is 0 Å². The highest BCUT2D eigenvalue weighted by Crippen LogP contribution is 2.19. The van der Waals surface area contributed by atoms with E-state index in [2.05, 4.69) is 31.2 Å². The summed E-state index contributed by atoms with van der Waals surface area (Å²) in [5.41, 5.74) is 6.17. The summed E-state index contributed by atoms with van der Waals surface area (Å²) in [7, 11) is 0. The molecule has 2 heterocycles. The van der Waals surface area contributed by atoms with E-state index in [4.69, 9.17) is 5.73 Å². The molecular weight excluding hydrogens is 284 g/mol. The molecule has 0 saturated carbocycles. The van der Waals surface area contributed by atoms with E-state index in [0.29, 0.717) is 16.0 Å². The number of hydrogen-bond acceptors (Lipinski definition) is 4.